The molecule has 0 aromatic heterocycles. The number of ketones is 1. The van der Waals surface area contributed by atoms with Crippen LogP contribution in [0.5, 0.6) is 0 Å². The van der Waals surface area contributed by atoms with Gasteiger partial charge in [0.25, 0.3) is 0 Å². The average molecular weight is 439 g/mol. The van der Waals surface area contributed by atoms with Crippen molar-refractivity contribution >= 4 is 13.6 Å². The van der Waals surface area contributed by atoms with Crippen molar-refractivity contribution in [2.24, 2.45) is 39.9 Å². The summed E-state index contributed by atoms with van der Waals surface area (Å²) in [4.78, 5) is 12.3. The van der Waals surface area contributed by atoms with Crippen LogP contribution in [0.2, 0.25) is 5.82 Å². The quantitative estimate of drug-likeness (QED) is 0.369. The highest BCUT2D eigenvalue weighted by Crippen LogP contribution is 2.72. The van der Waals surface area contributed by atoms with Gasteiger partial charge in [0.05, 0.1) is 7.85 Å². The molecule has 3 unspecified atom stereocenters. The lowest BCUT2D eigenvalue weighted by Gasteiger charge is -2.60. The van der Waals surface area contributed by atoms with E-state index in [2.05, 4.69) is 34.6 Å². The number of hydrogen-bond donors (Lipinski definition) is 1. The van der Waals surface area contributed by atoms with Gasteiger partial charge in [0, 0.05) is 6.42 Å². The lowest BCUT2D eigenvalue weighted by Crippen LogP contribution is -2.50. The molecule has 0 amide bonds. The van der Waals surface area contributed by atoms with E-state index in [9.17, 15) is 9.90 Å². The molecule has 1 N–H and O–H groups in total. The predicted octanol–water partition coefficient (Wildman–Crippen LogP) is 7.06. The predicted molar refractivity (Wildman–Crippen MR) is 134 cm³/mol. The largest absolute Gasteiger partial charge is 0.383 e. The topological polar surface area (TPSA) is 37.3 Å². The van der Waals surface area contributed by atoms with Crippen molar-refractivity contribution in [3.63, 3.8) is 0 Å². The fraction of sp³-hybridized carbons (Fsp3) is 0.897. The lowest BCUT2D eigenvalue weighted by atomic mass is 9.43. The van der Waals surface area contributed by atoms with Crippen LogP contribution in [0, 0.1) is 39.9 Å². The molecule has 2 fully saturated rings. The van der Waals surface area contributed by atoms with Gasteiger partial charge >= 0.3 is 0 Å². The minimum absolute atomic E-state index is 0.0141. The number of Topliss-reactive ketones (excluding diaryl/α,β-unsaturated/α-hetero) is 1. The second-order valence-corrected chi connectivity index (χ2v) is 13.5. The Hall–Kier alpha value is -0.565. The lowest BCUT2D eigenvalue weighted by molar-refractivity contribution is -0.134. The highest BCUT2D eigenvalue weighted by molar-refractivity contribution is 6.11. The Bertz CT molecular complexity index is 793. The third kappa shape index (κ3) is 3.50. The fourth-order valence-corrected chi connectivity index (χ4v) is 9.17. The monoisotopic (exact) mass is 438 g/mol. The second kappa shape index (κ2) is 7.99. The average Bonchev–Trinajstić information content (AvgIpc) is 3.00. The molecule has 8 atom stereocenters. The van der Waals surface area contributed by atoms with E-state index in [-0.39, 0.29) is 5.78 Å². The summed E-state index contributed by atoms with van der Waals surface area (Å²) in [6.45, 7) is 15.8. The maximum absolute atomic E-state index is 12.3. The first-order valence-corrected chi connectivity index (χ1v) is 13.5. The molecule has 0 aromatic rings. The number of carbonyl (C=O) groups is 1. The molecular weight excluding hydrogens is 391 g/mol. The van der Waals surface area contributed by atoms with Crippen molar-refractivity contribution in [1.29, 1.82) is 0 Å². The number of aliphatic hydroxyl groups is 1. The molecule has 32 heavy (non-hydrogen) atoms. The number of rotatable bonds is 5. The molecule has 0 aliphatic heterocycles. The van der Waals surface area contributed by atoms with Gasteiger partial charge in [0.2, 0.25) is 0 Å². The number of allylic oxidation sites excluding steroid dienone is 2. The van der Waals surface area contributed by atoms with Crippen LogP contribution in [0.1, 0.15) is 113 Å². The fourth-order valence-electron chi connectivity index (χ4n) is 9.17. The van der Waals surface area contributed by atoms with Crippen LogP contribution in [0.3, 0.4) is 0 Å². The van der Waals surface area contributed by atoms with E-state index in [1.165, 1.54) is 51.4 Å². The molecular formula is C29H47BO2. The number of fused-ring (bicyclic) bond motifs is 4. The maximum atomic E-state index is 12.3. The SMILES string of the molecule is [B][C@H]1CC[C@]2(C)C3=C(CC[C@H]2C1C)[C@]1(C)CCC(C(C)CCC(=O)C(C)(C)O)[C@@]1(C)CC3. The standard InChI is InChI=1S/C29H47BO2/c1-18(8-11-25(31)26(3,4)32)20-12-16-29(7)23-10-9-21-19(2)24(30)14-15-27(21,5)22(23)13-17-28(20,29)6/h18-21,24,32H,8-17H2,1-7H3/t18?,19?,20?,21-,24-,27-,28+,29-/m0/s1. The van der Waals surface area contributed by atoms with Crippen LogP contribution >= 0.6 is 0 Å². The third-order valence-corrected chi connectivity index (χ3v) is 11.7. The van der Waals surface area contributed by atoms with Gasteiger partial charge in [-0.3, -0.25) is 4.79 Å². The zero-order chi connectivity index (χ0) is 23.7. The van der Waals surface area contributed by atoms with Crippen LogP contribution in [-0.2, 0) is 4.79 Å². The van der Waals surface area contributed by atoms with Crippen molar-refractivity contribution in [2.45, 2.75) is 124 Å². The highest BCUT2D eigenvalue weighted by Gasteiger charge is 2.61. The van der Waals surface area contributed by atoms with E-state index in [1.54, 1.807) is 13.8 Å². The van der Waals surface area contributed by atoms with Gasteiger partial charge in [-0.15, -0.1) is 0 Å². The van der Waals surface area contributed by atoms with Crippen LogP contribution in [-0.4, -0.2) is 24.3 Å². The second-order valence-electron chi connectivity index (χ2n) is 13.5. The van der Waals surface area contributed by atoms with Gasteiger partial charge in [0.1, 0.15) is 5.60 Å². The summed E-state index contributed by atoms with van der Waals surface area (Å²) >= 11 is 0. The van der Waals surface area contributed by atoms with Crippen LogP contribution < -0.4 is 0 Å². The smallest absolute Gasteiger partial charge is 0.163 e. The van der Waals surface area contributed by atoms with Crippen molar-refractivity contribution in [3.8, 4) is 0 Å². The Balaban J connectivity index is 1.59. The van der Waals surface area contributed by atoms with E-state index in [0.717, 1.165) is 12.3 Å². The first kappa shape index (κ1) is 24.6. The molecule has 0 heterocycles. The van der Waals surface area contributed by atoms with Crippen molar-refractivity contribution in [2.75, 3.05) is 0 Å². The molecule has 0 aromatic carbocycles. The van der Waals surface area contributed by atoms with Gasteiger partial charge in [0.15, 0.2) is 5.78 Å². The van der Waals surface area contributed by atoms with Gasteiger partial charge in [-0.2, -0.15) is 0 Å². The molecule has 4 rings (SSSR count). The van der Waals surface area contributed by atoms with Gasteiger partial charge < -0.3 is 5.11 Å². The summed E-state index contributed by atoms with van der Waals surface area (Å²) in [6.07, 6.45) is 11.6. The summed E-state index contributed by atoms with van der Waals surface area (Å²) < 4.78 is 0. The summed E-state index contributed by atoms with van der Waals surface area (Å²) in [7, 11) is 6.52. The van der Waals surface area contributed by atoms with Crippen LogP contribution in [0.4, 0.5) is 0 Å². The Morgan fingerprint density at radius 1 is 1.09 bits per heavy atom. The first-order chi connectivity index (χ1) is 14.8. The van der Waals surface area contributed by atoms with E-state index in [4.69, 9.17) is 7.85 Å². The molecule has 0 saturated heterocycles. The Kier molecular flexibility index (Phi) is 6.13. The van der Waals surface area contributed by atoms with Crippen molar-refractivity contribution in [3.05, 3.63) is 11.1 Å². The minimum Gasteiger partial charge on any atom is -0.383 e. The molecule has 2 nitrogen and oxygen atoms in total. The molecule has 0 bridgehead atoms. The van der Waals surface area contributed by atoms with E-state index < -0.39 is 5.60 Å². The highest BCUT2D eigenvalue weighted by atomic mass is 16.3. The number of hydrogen-bond acceptors (Lipinski definition) is 2. The van der Waals surface area contributed by atoms with E-state index in [0.29, 0.717) is 46.2 Å². The molecule has 0 spiro atoms. The Morgan fingerprint density at radius 3 is 2.44 bits per heavy atom. The molecule has 3 heteroatoms. The molecule has 2 saturated carbocycles. The van der Waals surface area contributed by atoms with Crippen molar-refractivity contribution < 1.29 is 9.90 Å². The van der Waals surface area contributed by atoms with Crippen LogP contribution in [0.25, 0.3) is 0 Å². The normalized spacial score (nSPS) is 45.1. The van der Waals surface area contributed by atoms with Gasteiger partial charge in [-0.25, -0.2) is 0 Å². The summed E-state index contributed by atoms with van der Waals surface area (Å²) in [6, 6.07) is 0. The molecule has 2 radical (unpaired) electrons. The molecule has 178 valence electrons. The van der Waals surface area contributed by atoms with Gasteiger partial charge in [-0.1, -0.05) is 58.0 Å². The summed E-state index contributed by atoms with van der Waals surface area (Å²) in [5.74, 6) is 2.94. The Labute approximate surface area is 198 Å². The van der Waals surface area contributed by atoms with E-state index >= 15 is 0 Å². The zero-order valence-corrected chi connectivity index (χ0v) is 21.9. The maximum Gasteiger partial charge on any atom is 0.163 e. The van der Waals surface area contributed by atoms with Crippen molar-refractivity contribution in [1.82, 2.24) is 0 Å². The molecule has 4 aliphatic carbocycles. The summed E-state index contributed by atoms with van der Waals surface area (Å²) in [5, 5.41) is 10.1. The van der Waals surface area contributed by atoms with Crippen LogP contribution in [0.15, 0.2) is 11.1 Å². The van der Waals surface area contributed by atoms with Gasteiger partial charge in [-0.05, 0) is 105 Å². The summed E-state index contributed by atoms with van der Waals surface area (Å²) in [5.41, 5.74) is 3.44. The van der Waals surface area contributed by atoms with E-state index in [1.807, 2.05) is 11.1 Å². The zero-order valence-electron chi connectivity index (χ0n) is 21.9. The minimum atomic E-state index is -1.20. The third-order valence-electron chi connectivity index (χ3n) is 11.7. The molecule has 4 aliphatic rings. The first-order valence-electron chi connectivity index (χ1n) is 13.5. The Morgan fingerprint density at radius 2 is 1.78 bits per heavy atom. The number of carbonyl (C=O) groups excluding carboxylic acids is 1.